The summed E-state index contributed by atoms with van der Waals surface area (Å²) in [5.41, 5.74) is 0. The van der Waals surface area contributed by atoms with Crippen LogP contribution in [0, 0.1) is 5.92 Å². The van der Waals surface area contributed by atoms with Crippen molar-refractivity contribution in [3.8, 4) is 0 Å². The van der Waals surface area contributed by atoms with Crippen LogP contribution < -0.4 is 0 Å². The number of phosphoric acid groups is 1. The topological polar surface area (TPSA) is 91.3 Å². The van der Waals surface area contributed by atoms with Crippen LogP contribution in [0.4, 0.5) is 0 Å². The van der Waals surface area contributed by atoms with E-state index in [0.29, 0.717) is 24.1 Å². The van der Waals surface area contributed by atoms with Crippen molar-refractivity contribution in [1.29, 1.82) is 0 Å². The van der Waals surface area contributed by atoms with Crippen molar-refractivity contribution in [3.63, 3.8) is 0 Å². The largest absolute Gasteiger partial charge is 0.472 e. The molecule has 0 fully saturated rings. The second-order valence-corrected chi connectivity index (χ2v) is 17.6. The van der Waals surface area contributed by atoms with Crippen LogP contribution in [0.3, 0.4) is 0 Å². The summed E-state index contributed by atoms with van der Waals surface area (Å²) in [6.07, 6.45) is 35.4. The van der Waals surface area contributed by atoms with Gasteiger partial charge in [-0.15, -0.1) is 0 Å². The third-order valence-corrected chi connectivity index (χ3v) is 10.3. The Morgan fingerprint density at radius 3 is 1.67 bits per heavy atom. The molecule has 0 radical (unpaired) electrons. The van der Waals surface area contributed by atoms with E-state index in [4.69, 9.17) is 18.5 Å². The number of carbonyl (C=O) groups is 1. The molecule has 0 aliphatic carbocycles. The number of rotatable bonds is 39. The first-order valence-corrected chi connectivity index (χ1v) is 22.8. The van der Waals surface area contributed by atoms with Crippen LogP contribution in [0.25, 0.3) is 0 Å². The molecule has 0 aliphatic rings. The molecule has 1 N–H and O–H groups in total. The zero-order valence-electron chi connectivity index (χ0n) is 34.5. The Bertz CT molecular complexity index is 846. The quantitative estimate of drug-likeness (QED) is 0.0220. The number of ether oxygens (including phenoxy) is 2. The second-order valence-electron chi connectivity index (χ2n) is 16.2. The molecule has 304 valence electrons. The molecular weight excluding hydrogens is 661 g/mol. The predicted octanol–water partition coefficient (Wildman–Crippen LogP) is 12.1. The van der Waals surface area contributed by atoms with E-state index in [2.05, 4.69) is 32.9 Å². The van der Waals surface area contributed by atoms with Crippen molar-refractivity contribution in [3.05, 3.63) is 12.2 Å². The zero-order chi connectivity index (χ0) is 37.9. The number of nitrogens with zero attached hydrogens (tertiary/aromatic N) is 1. The standard InChI is InChI=1S/C42H84NO7P/c1-7-8-9-10-11-12-13-14-15-16-17-20-23-26-29-32-36-47-41(39-50-51(45,46)49-37-35-43(4,5)6)38-48-42(44)34-31-28-25-22-19-18-21-24-27-30-33-40(2)3/h14-15,40-41H,7-13,16-39H2,1-6H3/p+1/b15-14-/t41-/m1/s1. The van der Waals surface area contributed by atoms with E-state index in [1.165, 1.54) is 122 Å². The van der Waals surface area contributed by atoms with E-state index in [0.717, 1.165) is 44.4 Å². The number of unbranched alkanes of at least 4 members (excludes halogenated alkanes) is 21. The fraction of sp³-hybridized carbons (Fsp3) is 0.929. The molecule has 0 rings (SSSR count). The van der Waals surface area contributed by atoms with Gasteiger partial charge in [0.2, 0.25) is 0 Å². The summed E-state index contributed by atoms with van der Waals surface area (Å²) >= 11 is 0. The summed E-state index contributed by atoms with van der Waals surface area (Å²) in [4.78, 5) is 22.6. The first kappa shape index (κ1) is 50.2. The fourth-order valence-electron chi connectivity index (χ4n) is 5.88. The molecule has 2 atom stereocenters. The van der Waals surface area contributed by atoms with Gasteiger partial charge in [-0.3, -0.25) is 13.8 Å². The van der Waals surface area contributed by atoms with Gasteiger partial charge in [0.1, 0.15) is 25.9 Å². The molecule has 0 aromatic carbocycles. The summed E-state index contributed by atoms with van der Waals surface area (Å²) in [6, 6.07) is 0. The highest BCUT2D eigenvalue weighted by atomic mass is 31.2. The van der Waals surface area contributed by atoms with Crippen LogP contribution in [0.1, 0.15) is 188 Å². The Hall–Kier alpha value is -0.760. The lowest BCUT2D eigenvalue weighted by molar-refractivity contribution is -0.870. The monoisotopic (exact) mass is 747 g/mol. The van der Waals surface area contributed by atoms with Gasteiger partial charge >= 0.3 is 13.8 Å². The minimum absolute atomic E-state index is 0.00125. The van der Waals surface area contributed by atoms with Gasteiger partial charge in [0.25, 0.3) is 0 Å². The van der Waals surface area contributed by atoms with Gasteiger partial charge in [0, 0.05) is 13.0 Å². The minimum atomic E-state index is -4.24. The zero-order valence-corrected chi connectivity index (χ0v) is 35.4. The third kappa shape index (κ3) is 40.3. The second kappa shape index (κ2) is 35.0. The highest BCUT2D eigenvalue weighted by molar-refractivity contribution is 7.47. The van der Waals surface area contributed by atoms with E-state index in [-0.39, 0.29) is 25.8 Å². The number of hydrogen-bond donors (Lipinski definition) is 1. The average molecular weight is 747 g/mol. The fourth-order valence-corrected chi connectivity index (χ4v) is 6.62. The molecule has 8 nitrogen and oxygen atoms in total. The van der Waals surface area contributed by atoms with Gasteiger partial charge in [-0.25, -0.2) is 4.57 Å². The molecule has 0 aromatic rings. The van der Waals surface area contributed by atoms with Gasteiger partial charge in [-0.05, 0) is 44.4 Å². The van der Waals surface area contributed by atoms with Gasteiger partial charge < -0.3 is 18.9 Å². The molecule has 0 heterocycles. The molecule has 0 aromatic heterocycles. The highest BCUT2D eigenvalue weighted by Gasteiger charge is 2.25. The Balaban J connectivity index is 4.24. The molecule has 0 amide bonds. The van der Waals surface area contributed by atoms with E-state index in [1.54, 1.807) is 0 Å². The van der Waals surface area contributed by atoms with E-state index in [1.807, 2.05) is 21.1 Å². The summed E-state index contributed by atoms with van der Waals surface area (Å²) in [5.74, 6) is 0.561. The van der Waals surface area contributed by atoms with E-state index >= 15 is 0 Å². The normalized spacial score (nSPS) is 14.0. The van der Waals surface area contributed by atoms with Crippen LogP contribution in [0.15, 0.2) is 12.2 Å². The van der Waals surface area contributed by atoms with Crippen molar-refractivity contribution in [2.24, 2.45) is 5.92 Å². The Labute approximate surface area is 316 Å². The molecule has 0 bridgehead atoms. The first-order chi connectivity index (χ1) is 24.4. The number of allylic oxidation sites excluding steroid dienone is 2. The van der Waals surface area contributed by atoms with Crippen LogP contribution in [-0.4, -0.2) is 75.6 Å². The number of hydrogen-bond acceptors (Lipinski definition) is 6. The molecule has 0 aliphatic heterocycles. The Kier molecular flexibility index (Phi) is 34.5. The minimum Gasteiger partial charge on any atom is -0.463 e. The maximum absolute atomic E-state index is 12.5. The maximum Gasteiger partial charge on any atom is 0.472 e. The molecule has 51 heavy (non-hydrogen) atoms. The lowest BCUT2D eigenvalue weighted by atomic mass is 10.0. The van der Waals surface area contributed by atoms with Crippen molar-refractivity contribution in [2.75, 3.05) is 54.1 Å². The summed E-state index contributed by atoms with van der Waals surface area (Å²) in [7, 11) is 1.72. The molecule has 9 heteroatoms. The van der Waals surface area contributed by atoms with Gasteiger partial charge in [-0.1, -0.05) is 155 Å². The van der Waals surface area contributed by atoms with Crippen molar-refractivity contribution in [1.82, 2.24) is 0 Å². The molecule has 1 unspecified atom stereocenters. The van der Waals surface area contributed by atoms with Gasteiger partial charge in [0.05, 0.1) is 27.7 Å². The number of likely N-dealkylation sites (N-methyl/N-ethyl adjacent to an activating group) is 1. The van der Waals surface area contributed by atoms with E-state index in [9.17, 15) is 14.3 Å². The van der Waals surface area contributed by atoms with Crippen LogP contribution in [-0.2, 0) is 27.9 Å². The Morgan fingerprint density at radius 2 is 1.14 bits per heavy atom. The average Bonchev–Trinajstić information content (AvgIpc) is 3.06. The lowest BCUT2D eigenvalue weighted by Crippen LogP contribution is -2.37. The maximum atomic E-state index is 12.5. The lowest BCUT2D eigenvalue weighted by Gasteiger charge is -2.24. The van der Waals surface area contributed by atoms with Crippen LogP contribution in [0.5, 0.6) is 0 Å². The predicted molar refractivity (Wildman–Crippen MR) is 215 cm³/mol. The Morgan fingerprint density at radius 1 is 0.647 bits per heavy atom. The number of quaternary nitrogens is 1. The van der Waals surface area contributed by atoms with Crippen molar-refractivity contribution >= 4 is 13.8 Å². The number of phosphoric ester groups is 1. The molecular formula is C42H85NO7P+. The molecule has 0 spiro atoms. The van der Waals surface area contributed by atoms with Gasteiger partial charge in [-0.2, -0.15) is 0 Å². The van der Waals surface area contributed by atoms with Crippen LogP contribution >= 0.6 is 7.82 Å². The summed E-state index contributed by atoms with van der Waals surface area (Å²) in [6.45, 7) is 7.85. The molecule has 0 saturated heterocycles. The smallest absolute Gasteiger partial charge is 0.463 e. The number of carbonyl (C=O) groups excluding carboxylic acids is 1. The molecule has 0 saturated carbocycles. The van der Waals surface area contributed by atoms with Crippen molar-refractivity contribution < 1.29 is 37.3 Å². The SMILES string of the molecule is CCCCCCCC/C=C\CCCCCCCCO[C@H](COC(=O)CCCCCCCCCCCCC(C)C)COP(=O)(O)OCC[N+](C)(C)C. The van der Waals surface area contributed by atoms with Gasteiger partial charge in [0.15, 0.2) is 0 Å². The summed E-state index contributed by atoms with van der Waals surface area (Å²) < 4.78 is 35.0. The van der Waals surface area contributed by atoms with E-state index < -0.39 is 13.9 Å². The van der Waals surface area contributed by atoms with Crippen LogP contribution in [0.2, 0.25) is 0 Å². The number of esters is 1. The van der Waals surface area contributed by atoms with Crippen molar-refractivity contribution in [2.45, 2.75) is 194 Å². The summed E-state index contributed by atoms with van der Waals surface area (Å²) in [5, 5.41) is 0. The first-order valence-electron chi connectivity index (χ1n) is 21.3. The highest BCUT2D eigenvalue weighted by Crippen LogP contribution is 2.43. The third-order valence-electron chi connectivity index (χ3n) is 9.29.